The molecule has 3 rings (SSSR count). The fourth-order valence-electron chi connectivity index (χ4n) is 1.82. The van der Waals surface area contributed by atoms with Gasteiger partial charge in [-0.25, -0.2) is 4.79 Å². The molecule has 0 saturated heterocycles. The average Bonchev–Trinajstić information content (AvgIpc) is 2.58. The summed E-state index contributed by atoms with van der Waals surface area (Å²) < 4.78 is 11.7. The van der Waals surface area contributed by atoms with E-state index in [1.807, 2.05) is 48.5 Å². The molecule has 0 fully saturated rings. The van der Waals surface area contributed by atoms with E-state index in [0.717, 1.165) is 20.6 Å². The highest BCUT2D eigenvalue weighted by Crippen LogP contribution is 2.22. The van der Waals surface area contributed by atoms with Gasteiger partial charge in [0.25, 0.3) is 0 Å². The topological polar surface area (TPSA) is 39.4 Å². The molecule has 0 amide bonds. The van der Waals surface area contributed by atoms with Crippen molar-refractivity contribution < 1.29 is 9.15 Å². The Kier molecular flexibility index (Phi) is 4.79. The fourth-order valence-corrected chi connectivity index (χ4v) is 2.18. The van der Waals surface area contributed by atoms with Gasteiger partial charge in [0.1, 0.15) is 17.8 Å². The minimum Gasteiger partial charge on any atom is -0.457 e. The molecule has 0 aliphatic rings. The minimum atomic E-state index is -0.382. The monoisotopic (exact) mass is 414 g/mol. The van der Waals surface area contributed by atoms with Crippen molar-refractivity contribution in [3.8, 4) is 23.3 Å². The van der Waals surface area contributed by atoms with Crippen molar-refractivity contribution in [1.29, 1.82) is 0 Å². The molecule has 1 heterocycles. The lowest BCUT2D eigenvalue weighted by Crippen LogP contribution is -1.93. The number of rotatable bonds is 2. The summed E-state index contributed by atoms with van der Waals surface area (Å²) in [5, 5.41) is 0. The lowest BCUT2D eigenvalue weighted by Gasteiger charge is -2.05. The fraction of sp³-hybridized carbons (Fsp3) is 0. The number of halogens is 1. The van der Waals surface area contributed by atoms with Gasteiger partial charge in [-0.2, -0.15) is 0 Å². The van der Waals surface area contributed by atoms with E-state index in [4.69, 9.17) is 9.15 Å². The van der Waals surface area contributed by atoms with Gasteiger partial charge in [0.05, 0.1) is 5.56 Å². The molecule has 3 nitrogen and oxygen atoms in total. The Morgan fingerprint density at radius 2 is 1.35 bits per heavy atom. The van der Waals surface area contributed by atoms with E-state index >= 15 is 0 Å². The molecule has 3 aromatic rings. The Morgan fingerprint density at radius 3 is 1.96 bits per heavy atom. The summed E-state index contributed by atoms with van der Waals surface area (Å²) in [7, 11) is 0. The van der Waals surface area contributed by atoms with Crippen molar-refractivity contribution in [3.05, 3.63) is 92.0 Å². The number of hydrogen-bond acceptors (Lipinski definition) is 3. The van der Waals surface area contributed by atoms with Crippen LogP contribution in [0, 0.1) is 15.4 Å². The van der Waals surface area contributed by atoms with Gasteiger partial charge in [-0.05, 0) is 77.2 Å². The summed E-state index contributed by atoms with van der Waals surface area (Å²) in [6, 6.07) is 18.3. The maximum Gasteiger partial charge on any atom is 0.335 e. The first-order valence-electron chi connectivity index (χ1n) is 6.83. The van der Waals surface area contributed by atoms with Crippen LogP contribution in [-0.4, -0.2) is 0 Å². The van der Waals surface area contributed by atoms with E-state index in [2.05, 4.69) is 34.4 Å². The second kappa shape index (κ2) is 7.16. The molecular formula is C19H11IO3. The summed E-state index contributed by atoms with van der Waals surface area (Å²) in [4.78, 5) is 10.9. The molecular weight excluding hydrogens is 403 g/mol. The van der Waals surface area contributed by atoms with Crippen molar-refractivity contribution in [3.63, 3.8) is 0 Å². The predicted molar refractivity (Wildman–Crippen MR) is 96.6 cm³/mol. The number of hydrogen-bond donors (Lipinski definition) is 0. The maximum absolute atomic E-state index is 10.9. The van der Waals surface area contributed by atoms with Gasteiger partial charge in [-0.15, -0.1) is 0 Å². The van der Waals surface area contributed by atoms with Crippen molar-refractivity contribution in [1.82, 2.24) is 0 Å². The zero-order valence-corrected chi connectivity index (χ0v) is 14.1. The molecule has 0 bridgehead atoms. The van der Waals surface area contributed by atoms with Crippen LogP contribution in [0.5, 0.6) is 11.5 Å². The average molecular weight is 414 g/mol. The first-order valence-corrected chi connectivity index (χ1v) is 7.91. The predicted octanol–water partition coefficient (Wildman–Crippen LogP) is 4.44. The van der Waals surface area contributed by atoms with Crippen LogP contribution in [0.15, 0.2) is 76.1 Å². The molecule has 0 atom stereocenters. The lowest BCUT2D eigenvalue weighted by molar-refractivity contribution is 0.482. The van der Waals surface area contributed by atoms with Crippen molar-refractivity contribution in [2.45, 2.75) is 0 Å². The van der Waals surface area contributed by atoms with Crippen molar-refractivity contribution >= 4 is 22.6 Å². The Morgan fingerprint density at radius 1 is 0.783 bits per heavy atom. The molecule has 23 heavy (non-hydrogen) atoms. The van der Waals surface area contributed by atoms with Crippen LogP contribution in [-0.2, 0) is 0 Å². The number of ether oxygens (including phenoxy) is 1. The second-order valence-electron chi connectivity index (χ2n) is 4.67. The third-order valence-corrected chi connectivity index (χ3v) is 3.68. The Hall–Kier alpha value is -2.52. The van der Waals surface area contributed by atoms with Gasteiger partial charge in [0, 0.05) is 15.2 Å². The summed E-state index contributed by atoms with van der Waals surface area (Å²) >= 11 is 2.25. The zero-order chi connectivity index (χ0) is 16.1. The van der Waals surface area contributed by atoms with Crippen molar-refractivity contribution in [2.24, 2.45) is 0 Å². The van der Waals surface area contributed by atoms with E-state index in [-0.39, 0.29) is 5.63 Å². The zero-order valence-electron chi connectivity index (χ0n) is 12.0. The largest absolute Gasteiger partial charge is 0.457 e. The molecule has 0 aliphatic heterocycles. The quantitative estimate of drug-likeness (QED) is 0.460. The Balaban J connectivity index is 1.71. The number of benzene rings is 2. The highest BCUT2D eigenvalue weighted by atomic mass is 127. The highest BCUT2D eigenvalue weighted by Gasteiger charge is 1.97. The van der Waals surface area contributed by atoms with Crippen LogP contribution in [0.1, 0.15) is 11.1 Å². The normalized spacial score (nSPS) is 9.78. The molecule has 0 N–H and O–H groups in total. The Labute approximate surface area is 147 Å². The molecule has 0 unspecified atom stereocenters. The van der Waals surface area contributed by atoms with Crippen LogP contribution in [0.25, 0.3) is 0 Å². The van der Waals surface area contributed by atoms with Crippen LogP contribution < -0.4 is 10.4 Å². The molecule has 0 saturated carbocycles. The van der Waals surface area contributed by atoms with Crippen molar-refractivity contribution in [2.75, 3.05) is 0 Å². The van der Waals surface area contributed by atoms with Crippen LogP contribution in [0.2, 0.25) is 0 Å². The molecule has 4 heteroatoms. The van der Waals surface area contributed by atoms with Gasteiger partial charge >= 0.3 is 5.63 Å². The molecule has 0 spiro atoms. The van der Waals surface area contributed by atoms with Gasteiger partial charge in [0.15, 0.2) is 0 Å². The SMILES string of the molecule is O=c1ccc(C#Cc2ccc(Oc3ccc(I)cc3)cc2)co1. The van der Waals surface area contributed by atoms with Crippen LogP contribution in [0.3, 0.4) is 0 Å². The van der Waals surface area contributed by atoms with E-state index in [1.165, 1.54) is 12.3 Å². The van der Waals surface area contributed by atoms with E-state index in [0.29, 0.717) is 5.56 Å². The van der Waals surface area contributed by atoms with Gasteiger partial charge in [-0.3, -0.25) is 0 Å². The van der Waals surface area contributed by atoms with Gasteiger partial charge in [0.2, 0.25) is 0 Å². The van der Waals surface area contributed by atoms with E-state index in [9.17, 15) is 4.79 Å². The maximum atomic E-state index is 10.9. The van der Waals surface area contributed by atoms with Gasteiger partial charge in [-0.1, -0.05) is 11.8 Å². The Bertz CT molecular complexity index is 893. The summed E-state index contributed by atoms with van der Waals surface area (Å²) in [6.45, 7) is 0. The van der Waals surface area contributed by atoms with Gasteiger partial charge < -0.3 is 9.15 Å². The standard InChI is InChI=1S/C19H11IO3/c20-16-6-10-18(11-7-16)23-17-8-3-14(4-9-17)1-2-15-5-12-19(21)22-13-15/h3-13H. The van der Waals surface area contributed by atoms with E-state index < -0.39 is 0 Å². The highest BCUT2D eigenvalue weighted by molar-refractivity contribution is 14.1. The molecule has 1 aromatic heterocycles. The summed E-state index contributed by atoms with van der Waals surface area (Å²) in [5.41, 5.74) is 1.13. The molecule has 112 valence electrons. The molecule has 0 aliphatic carbocycles. The van der Waals surface area contributed by atoms with Crippen LogP contribution in [0.4, 0.5) is 0 Å². The third kappa shape index (κ3) is 4.47. The van der Waals surface area contributed by atoms with Crippen LogP contribution >= 0.6 is 22.6 Å². The molecule has 0 radical (unpaired) electrons. The molecule has 2 aromatic carbocycles. The first-order chi connectivity index (χ1) is 11.2. The third-order valence-electron chi connectivity index (χ3n) is 2.96. The van der Waals surface area contributed by atoms with E-state index in [1.54, 1.807) is 6.07 Å². The smallest absolute Gasteiger partial charge is 0.335 e. The second-order valence-corrected chi connectivity index (χ2v) is 5.92. The summed E-state index contributed by atoms with van der Waals surface area (Å²) in [6.07, 6.45) is 1.35. The lowest BCUT2D eigenvalue weighted by atomic mass is 10.2. The minimum absolute atomic E-state index is 0.382. The first kappa shape index (κ1) is 15.4. The summed E-state index contributed by atoms with van der Waals surface area (Å²) in [5.74, 6) is 7.50.